The molecule has 0 aliphatic carbocycles. The number of carboxylic acids is 1. The van der Waals surface area contributed by atoms with E-state index < -0.39 is 5.97 Å². The van der Waals surface area contributed by atoms with Gasteiger partial charge in [-0.3, -0.25) is 0 Å². The minimum atomic E-state index is -1.04. The molecule has 0 N–H and O–H groups in total. The molecule has 2 aromatic carbocycles. The van der Waals surface area contributed by atoms with Gasteiger partial charge in [0.05, 0.1) is 0 Å². The lowest BCUT2D eigenvalue weighted by atomic mass is 9.88. The van der Waals surface area contributed by atoms with Crippen molar-refractivity contribution < 1.29 is 9.90 Å². The number of carbonyl (C=O) groups excluding carboxylic acids is 1. The van der Waals surface area contributed by atoms with E-state index in [1.165, 1.54) is 0 Å². The highest BCUT2D eigenvalue weighted by Crippen LogP contribution is 2.47. The van der Waals surface area contributed by atoms with Crippen molar-refractivity contribution in [3.8, 4) is 0 Å². The molecular weight excluding hydrogens is 280 g/mol. The highest BCUT2D eigenvalue weighted by atomic mass is 35.5. The Hall–Kier alpha value is -1.45. The van der Waals surface area contributed by atoms with Crippen LogP contribution in [0.15, 0.2) is 52.3 Å². The smallest absolute Gasteiger partial charge is 0.0423 e. The van der Waals surface area contributed by atoms with Crippen molar-refractivity contribution in [3.05, 3.63) is 58.6 Å². The Kier molecular flexibility index (Phi) is 3.25. The van der Waals surface area contributed by atoms with Gasteiger partial charge in [0.15, 0.2) is 0 Å². The standard InChI is InChI=1S/C15H11ClO2S/c16-9-5-6-14-12(7-9)11(8-15(17)18)10-3-1-2-4-13(10)19-14/h1-7,11H,8H2,(H,17,18)/p-1/t11-/m1/s1. The second-order valence-electron chi connectivity index (χ2n) is 4.45. The van der Waals surface area contributed by atoms with Crippen LogP contribution in [-0.2, 0) is 4.79 Å². The highest BCUT2D eigenvalue weighted by molar-refractivity contribution is 7.99. The van der Waals surface area contributed by atoms with E-state index in [0.29, 0.717) is 5.02 Å². The lowest BCUT2D eigenvalue weighted by Crippen LogP contribution is -2.26. The molecule has 1 aliphatic rings. The summed E-state index contributed by atoms with van der Waals surface area (Å²) in [4.78, 5) is 13.2. The van der Waals surface area contributed by atoms with Crippen molar-refractivity contribution in [2.75, 3.05) is 0 Å². The summed E-state index contributed by atoms with van der Waals surface area (Å²) in [6, 6.07) is 13.5. The molecule has 0 saturated heterocycles. The van der Waals surface area contributed by atoms with Crippen molar-refractivity contribution in [2.45, 2.75) is 22.1 Å². The molecule has 0 unspecified atom stereocenters. The van der Waals surface area contributed by atoms with Gasteiger partial charge in [-0.1, -0.05) is 41.6 Å². The monoisotopic (exact) mass is 289 g/mol. The first-order valence-corrected chi connectivity index (χ1v) is 7.10. The van der Waals surface area contributed by atoms with Crippen LogP contribution >= 0.6 is 23.4 Å². The number of benzene rings is 2. The molecule has 0 spiro atoms. The van der Waals surface area contributed by atoms with Gasteiger partial charge < -0.3 is 9.90 Å². The fourth-order valence-electron chi connectivity index (χ4n) is 2.42. The van der Waals surface area contributed by atoms with Gasteiger partial charge >= 0.3 is 0 Å². The van der Waals surface area contributed by atoms with E-state index in [1.54, 1.807) is 11.8 Å². The highest BCUT2D eigenvalue weighted by Gasteiger charge is 2.26. The summed E-state index contributed by atoms with van der Waals surface area (Å²) in [5.74, 6) is -1.23. The van der Waals surface area contributed by atoms with Crippen LogP contribution in [0, 0.1) is 0 Å². The van der Waals surface area contributed by atoms with E-state index in [4.69, 9.17) is 11.6 Å². The molecule has 2 nitrogen and oxygen atoms in total. The van der Waals surface area contributed by atoms with Gasteiger partial charge in [-0.05, 0) is 41.8 Å². The average Bonchev–Trinajstić information content (AvgIpc) is 2.39. The van der Waals surface area contributed by atoms with E-state index in [0.717, 1.165) is 20.9 Å². The van der Waals surface area contributed by atoms with Gasteiger partial charge in [-0.15, -0.1) is 0 Å². The Morgan fingerprint density at radius 3 is 2.68 bits per heavy atom. The molecule has 1 atom stereocenters. The summed E-state index contributed by atoms with van der Waals surface area (Å²) >= 11 is 7.68. The number of carbonyl (C=O) groups is 1. The lowest BCUT2D eigenvalue weighted by Gasteiger charge is -2.28. The van der Waals surface area contributed by atoms with Crippen molar-refractivity contribution in [1.29, 1.82) is 0 Å². The molecular formula is C15H10ClO2S-. The maximum atomic E-state index is 11.0. The zero-order valence-corrected chi connectivity index (χ0v) is 11.5. The molecule has 2 aromatic rings. The number of halogens is 1. The molecule has 0 amide bonds. The van der Waals surface area contributed by atoms with E-state index in [2.05, 4.69) is 0 Å². The van der Waals surface area contributed by atoms with Gasteiger partial charge in [0.25, 0.3) is 0 Å². The minimum Gasteiger partial charge on any atom is -0.550 e. The first-order valence-electron chi connectivity index (χ1n) is 5.91. The summed E-state index contributed by atoms with van der Waals surface area (Å²) in [5, 5.41) is 11.6. The first kappa shape index (κ1) is 12.6. The topological polar surface area (TPSA) is 40.1 Å². The summed E-state index contributed by atoms with van der Waals surface area (Å²) < 4.78 is 0. The molecule has 1 heterocycles. The molecule has 0 saturated carbocycles. The van der Waals surface area contributed by atoms with Crippen LogP contribution in [0.5, 0.6) is 0 Å². The normalized spacial score (nSPS) is 16.6. The predicted molar refractivity (Wildman–Crippen MR) is 73.5 cm³/mol. The van der Waals surface area contributed by atoms with Gasteiger partial charge in [-0.2, -0.15) is 0 Å². The molecule has 19 heavy (non-hydrogen) atoms. The van der Waals surface area contributed by atoms with Gasteiger partial charge in [0.1, 0.15) is 0 Å². The molecule has 0 aromatic heterocycles. The zero-order valence-electron chi connectivity index (χ0n) is 9.93. The molecule has 0 bridgehead atoms. The first-order chi connectivity index (χ1) is 9.15. The zero-order chi connectivity index (χ0) is 13.4. The van der Waals surface area contributed by atoms with Crippen LogP contribution in [-0.4, -0.2) is 5.97 Å². The summed E-state index contributed by atoms with van der Waals surface area (Å²) in [6.07, 6.45) is -0.0229. The van der Waals surface area contributed by atoms with Crippen molar-refractivity contribution in [2.24, 2.45) is 0 Å². The Morgan fingerprint density at radius 2 is 1.89 bits per heavy atom. The van der Waals surface area contributed by atoms with Crippen LogP contribution in [0.4, 0.5) is 0 Å². The van der Waals surface area contributed by atoms with Crippen LogP contribution in [0.1, 0.15) is 23.5 Å². The fourth-order valence-corrected chi connectivity index (χ4v) is 3.77. The third-order valence-electron chi connectivity index (χ3n) is 3.23. The molecule has 0 radical (unpaired) electrons. The second kappa shape index (κ2) is 4.91. The Balaban J connectivity index is 2.16. The Labute approximate surface area is 120 Å². The lowest BCUT2D eigenvalue weighted by molar-refractivity contribution is -0.306. The number of aliphatic carboxylic acids is 1. The van der Waals surface area contributed by atoms with Crippen molar-refractivity contribution >= 4 is 29.3 Å². The van der Waals surface area contributed by atoms with Gasteiger partial charge in [0.2, 0.25) is 0 Å². The second-order valence-corrected chi connectivity index (χ2v) is 5.97. The molecule has 3 rings (SSSR count). The van der Waals surface area contributed by atoms with Crippen molar-refractivity contribution in [3.63, 3.8) is 0 Å². The maximum absolute atomic E-state index is 11.0. The predicted octanol–water partition coefficient (Wildman–Crippen LogP) is 3.08. The van der Waals surface area contributed by atoms with E-state index in [1.807, 2.05) is 42.5 Å². The van der Waals surface area contributed by atoms with E-state index in [-0.39, 0.29) is 12.3 Å². The summed E-state index contributed by atoms with van der Waals surface area (Å²) in [6.45, 7) is 0. The number of rotatable bonds is 2. The quantitative estimate of drug-likeness (QED) is 0.853. The molecule has 4 heteroatoms. The third kappa shape index (κ3) is 2.36. The number of fused-ring (bicyclic) bond motifs is 2. The SMILES string of the molecule is O=C([O-])C[C@@H]1c2ccccc2Sc2ccc(Cl)cc21. The van der Waals surface area contributed by atoms with Crippen LogP contribution in [0.2, 0.25) is 5.02 Å². The van der Waals surface area contributed by atoms with Gasteiger partial charge in [0, 0.05) is 26.7 Å². The van der Waals surface area contributed by atoms with Crippen molar-refractivity contribution in [1.82, 2.24) is 0 Å². The average molecular weight is 290 g/mol. The van der Waals surface area contributed by atoms with Crippen LogP contribution < -0.4 is 5.11 Å². The molecule has 1 aliphatic heterocycles. The van der Waals surface area contributed by atoms with Gasteiger partial charge in [-0.25, -0.2) is 0 Å². The summed E-state index contributed by atoms with van der Waals surface area (Å²) in [7, 11) is 0. The maximum Gasteiger partial charge on any atom is 0.0423 e. The van der Waals surface area contributed by atoms with Crippen LogP contribution in [0.25, 0.3) is 0 Å². The third-order valence-corrected chi connectivity index (χ3v) is 4.65. The van der Waals surface area contributed by atoms with E-state index in [9.17, 15) is 9.90 Å². The van der Waals surface area contributed by atoms with Crippen LogP contribution in [0.3, 0.4) is 0 Å². The Morgan fingerprint density at radius 1 is 1.16 bits per heavy atom. The number of hydrogen-bond donors (Lipinski definition) is 0. The summed E-state index contributed by atoms with van der Waals surface area (Å²) in [5.41, 5.74) is 2.01. The largest absolute Gasteiger partial charge is 0.550 e. The molecule has 0 fully saturated rings. The minimum absolute atomic E-state index is 0.0229. The molecule has 96 valence electrons. The number of hydrogen-bond acceptors (Lipinski definition) is 3. The van der Waals surface area contributed by atoms with E-state index >= 15 is 0 Å². The fraction of sp³-hybridized carbons (Fsp3) is 0.133. The Bertz CT molecular complexity index is 654. The number of carboxylic acid groups (broad SMARTS) is 1.